The molecule has 4 N–H and O–H groups in total. The summed E-state index contributed by atoms with van der Waals surface area (Å²) in [6.07, 6.45) is 1.25. The van der Waals surface area contributed by atoms with E-state index < -0.39 is 20.1 Å². The van der Waals surface area contributed by atoms with Gasteiger partial charge in [-0.05, 0) is 18.1 Å². The molecule has 3 atom stereocenters. The zero-order valence-electron chi connectivity index (χ0n) is 19.4. The minimum Gasteiger partial charge on any atom is -0.409 e. The highest BCUT2D eigenvalue weighted by Crippen LogP contribution is 2.42. The molecular weight excluding hydrogens is 416 g/mol. The Kier molecular flexibility index (Phi) is 6.43. The number of carbonyl (C=O) groups excluding carboxylic acids is 1. The molecular formula is C20H34N6O4Si. The number of nitrogens with one attached hydrogen (secondary N) is 2. The first-order valence-electron chi connectivity index (χ1n) is 10.6. The molecule has 11 heteroatoms. The standard InChI is InChI=1S/C20H34N6O4Si/c1-11(2)16(27)24-19-23-15-14(17(28)25-19)22-10-26(15)18-13(8-12(9-21)29-18)30-31(6,7)20(3,4)5/h10-13,18H,8-9,21H2,1-7H3,(H2,23,24,25,27,28)/t12-,13+,18+/m0/s1. The summed E-state index contributed by atoms with van der Waals surface area (Å²) in [4.78, 5) is 35.9. The second-order valence-electron chi connectivity index (χ2n) is 9.92. The molecule has 0 aromatic carbocycles. The Morgan fingerprint density at radius 3 is 2.71 bits per heavy atom. The Bertz CT molecular complexity index is 1010. The van der Waals surface area contributed by atoms with E-state index in [0.717, 1.165) is 0 Å². The van der Waals surface area contributed by atoms with Crippen LogP contribution in [0.5, 0.6) is 0 Å². The highest BCUT2D eigenvalue weighted by Gasteiger charge is 2.45. The van der Waals surface area contributed by atoms with Crippen LogP contribution in [0.15, 0.2) is 11.1 Å². The third kappa shape index (κ3) is 4.74. The van der Waals surface area contributed by atoms with Crippen molar-refractivity contribution >= 4 is 31.3 Å². The Morgan fingerprint density at radius 1 is 1.45 bits per heavy atom. The molecule has 2 aromatic rings. The molecule has 3 rings (SSSR count). The predicted molar refractivity (Wildman–Crippen MR) is 121 cm³/mol. The zero-order chi connectivity index (χ0) is 23.1. The number of aromatic nitrogens is 4. The van der Waals surface area contributed by atoms with Gasteiger partial charge in [-0.3, -0.25) is 24.5 Å². The lowest BCUT2D eigenvalue weighted by Crippen LogP contribution is -2.45. The molecule has 172 valence electrons. The summed E-state index contributed by atoms with van der Waals surface area (Å²) < 4.78 is 14.6. The number of aromatic amines is 1. The van der Waals surface area contributed by atoms with Crippen molar-refractivity contribution in [2.24, 2.45) is 11.7 Å². The highest BCUT2D eigenvalue weighted by molar-refractivity contribution is 6.74. The fraction of sp³-hybridized carbons (Fsp3) is 0.700. The molecule has 1 fully saturated rings. The van der Waals surface area contributed by atoms with E-state index >= 15 is 0 Å². The van der Waals surface area contributed by atoms with Crippen molar-refractivity contribution in [1.82, 2.24) is 19.5 Å². The minimum atomic E-state index is -2.09. The van der Waals surface area contributed by atoms with Crippen LogP contribution >= 0.6 is 0 Å². The quantitative estimate of drug-likeness (QED) is 0.574. The van der Waals surface area contributed by atoms with Crippen LogP contribution in [0.2, 0.25) is 18.1 Å². The summed E-state index contributed by atoms with van der Waals surface area (Å²) in [6.45, 7) is 14.8. The van der Waals surface area contributed by atoms with Gasteiger partial charge in [0.2, 0.25) is 11.9 Å². The maximum atomic E-state index is 12.5. The molecule has 1 amide bonds. The maximum absolute atomic E-state index is 12.5. The van der Waals surface area contributed by atoms with Crippen molar-refractivity contribution in [2.75, 3.05) is 11.9 Å². The van der Waals surface area contributed by atoms with E-state index in [1.807, 2.05) is 0 Å². The summed E-state index contributed by atoms with van der Waals surface area (Å²) in [5.41, 5.74) is 5.96. The third-order valence-electron chi connectivity index (χ3n) is 6.13. The van der Waals surface area contributed by atoms with Crippen molar-refractivity contribution in [3.8, 4) is 0 Å². The molecule has 1 aliphatic rings. The number of nitrogens with two attached hydrogens (primary N) is 1. The van der Waals surface area contributed by atoms with Crippen LogP contribution in [0.3, 0.4) is 0 Å². The molecule has 0 saturated carbocycles. The third-order valence-corrected chi connectivity index (χ3v) is 10.6. The summed E-state index contributed by atoms with van der Waals surface area (Å²) in [5.74, 6) is -0.419. The number of hydrogen-bond donors (Lipinski definition) is 3. The van der Waals surface area contributed by atoms with Crippen molar-refractivity contribution in [2.45, 2.75) is 77.6 Å². The van der Waals surface area contributed by atoms with Gasteiger partial charge in [-0.15, -0.1) is 0 Å². The molecule has 1 saturated heterocycles. The molecule has 0 aliphatic carbocycles. The average Bonchev–Trinajstić information content (AvgIpc) is 3.24. The normalized spacial score (nSPS) is 22.4. The number of nitrogens with zero attached hydrogens (tertiary/aromatic N) is 3. The summed E-state index contributed by atoms with van der Waals surface area (Å²) in [6, 6.07) is 0. The Labute approximate surface area is 183 Å². The minimum absolute atomic E-state index is 0.0268. The van der Waals surface area contributed by atoms with Gasteiger partial charge in [0, 0.05) is 18.9 Å². The molecule has 1 aliphatic heterocycles. The molecule has 3 heterocycles. The molecule has 31 heavy (non-hydrogen) atoms. The van der Waals surface area contributed by atoms with Crippen molar-refractivity contribution in [1.29, 1.82) is 0 Å². The largest absolute Gasteiger partial charge is 0.409 e. The van der Waals surface area contributed by atoms with Gasteiger partial charge in [-0.2, -0.15) is 4.98 Å². The monoisotopic (exact) mass is 450 g/mol. The fourth-order valence-electron chi connectivity index (χ4n) is 3.21. The fourth-order valence-corrected chi connectivity index (χ4v) is 4.53. The summed E-state index contributed by atoms with van der Waals surface area (Å²) >= 11 is 0. The van der Waals surface area contributed by atoms with Crippen LogP contribution in [0.1, 0.15) is 47.3 Å². The number of hydrogen-bond acceptors (Lipinski definition) is 7. The number of H-pyrrole nitrogens is 1. The highest BCUT2D eigenvalue weighted by atomic mass is 28.4. The molecule has 0 unspecified atom stereocenters. The van der Waals surface area contributed by atoms with Crippen LogP contribution in [0.4, 0.5) is 5.95 Å². The maximum Gasteiger partial charge on any atom is 0.280 e. The lowest BCUT2D eigenvalue weighted by Gasteiger charge is -2.39. The second-order valence-corrected chi connectivity index (χ2v) is 14.7. The van der Waals surface area contributed by atoms with E-state index in [0.29, 0.717) is 18.6 Å². The Hall–Kier alpha value is -2.08. The van der Waals surface area contributed by atoms with E-state index in [4.69, 9.17) is 14.9 Å². The van der Waals surface area contributed by atoms with Gasteiger partial charge in [0.1, 0.15) is 0 Å². The van der Waals surface area contributed by atoms with Crippen LogP contribution in [0.25, 0.3) is 11.2 Å². The topological polar surface area (TPSA) is 137 Å². The van der Waals surface area contributed by atoms with E-state index in [2.05, 4.69) is 54.1 Å². The van der Waals surface area contributed by atoms with Gasteiger partial charge in [0.05, 0.1) is 18.5 Å². The SMILES string of the molecule is CC(C)C(=O)Nc1nc2c(ncn2[C@@H]2O[C@H](CN)C[C@H]2O[Si](C)(C)C(C)(C)C)c(=O)[nH]1. The van der Waals surface area contributed by atoms with E-state index in [1.54, 1.807) is 18.4 Å². The summed E-state index contributed by atoms with van der Waals surface area (Å²) in [5, 5.41) is 2.67. The first-order chi connectivity index (χ1) is 14.3. The molecule has 0 radical (unpaired) electrons. The lowest BCUT2D eigenvalue weighted by molar-refractivity contribution is -0.118. The average molecular weight is 451 g/mol. The number of fused-ring (bicyclic) bond motifs is 1. The molecule has 10 nitrogen and oxygen atoms in total. The van der Waals surface area contributed by atoms with Gasteiger partial charge in [-0.1, -0.05) is 34.6 Å². The molecule has 0 spiro atoms. The van der Waals surface area contributed by atoms with Crippen LogP contribution in [0, 0.1) is 5.92 Å². The number of imidazole rings is 1. The zero-order valence-corrected chi connectivity index (χ0v) is 20.4. The predicted octanol–water partition coefficient (Wildman–Crippen LogP) is 2.35. The van der Waals surface area contributed by atoms with Gasteiger partial charge >= 0.3 is 0 Å². The first-order valence-corrected chi connectivity index (χ1v) is 13.6. The summed E-state index contributed by atoms with van der Waals surface area (Å²) in [7, 11) is -2.09. The van der Waals surface area contributed by atoms with E-state index in [1.165, 1.54) is 6.33 Å². The smallest absolute Gasteiger partial charge is 0.280 e. The molecule has 0 bridgehead atoms. The van der Waals surface area contributed by atoms with E-state index in [9.17, 15) is 9.59 Å². The first kappa shape index (κ1) is 23.6. The lowest BCUT2D eigenvalue weighted by atomic mass is 10.2. The van der Waals surface area contributed by atoms with Crippen molar-refractivity contribution < 1.29 is 14.0 Å². The number of ether oxygens (including phenoxy) is 1. The van der Waals surface area contributed by atoms with Gasteiger partial charge in [0.15, 0.2) is 25.7 Å². The molecule has 2 aromatic heterocycles. The van der Waals surface area contributed by atoms with Crippen LogP contribution in [-0.2, 0) is 14.0 Å². The number of amides is 1. The van der Waals surface area contributed by atoms with Crippen molar-refractivity contribution in [3.05, 3.63) is 16.7 Å². The Balaban J connectivity index is 2.00. The van der Waals surface area contributed by atoms with Gasteiger partial charge < -0.3 is 14.9 Å². The van der Waals surface area contributed by atoms with Crippen LogP contribution in [-0.4, -0.2) is 52.5 Å². The van der Waals surface area contributed by atoms with Gasteiger partial charge in [-0.25, -0.2) is 4.98 Å². The Morgan fingerprint density at radius 2 is 2.13 bits per heavy atom. The number of anilines is 1. The second kappa shape index (κ2) is 8.45. The van der Waals surface area contributed by atoms with Gasteiger partial charge in [0.25, 0.3) is 5.56 Å². The number of carbonyl (C=O) groups is 1. The van der Waals surface area contributed by atoms with Crippen LogP contribution < -0.4 is 16.6 Å². The number of rotatable bonds is 6. The van der Waals surface area contributed by atoms with Crippen molar-refractivity contribution in [3.63, 3.8) is 0 Å². The van der Waals surface area contributed by atoms with E-state index in [-0.39, 0.29) is 40.5 Å².